The van der Waals surface area contributed by atoms with Crippen LogP contribution in [0.5, 0.6) is 11.5 Å². The molecule has 216 valence electrons. The lowest BCUT2D eigenvalue weighted by Crippen LogP contribution is -2.48. The van der Waals surface area contributed by atoms with Crippen LogP contribution in [0.3, 0.4) is 0 Å². The number of methoxy groups -OCH3 is 1. The fraction of sp³-hybridized carbons (Fsp3) is 0.300. The van der Waals surface area contributed by atoms with Gasteiger partial charge in [0.2, 0.25) is 5.91 Å². The van der Waals surface area contributed by atoms with Crippen LogP contribution in [0.15, 0.2) is 60.7 Å². The molecule has 1 aliphatic heterocycles. The molecule has 1 saturated heterocycles. The van der Waals surface area contributed by atoms with Gasteiger partial charge in [-0.15, -0.1) is 0 Å². The number of thiocarbonyl (C=S) groups is 1. The number of benzene rings is 3. The third-order valence-corrected chi connectivity index (χ3v) is 7.36. The minimum atomic E-state index is -0.400. The number of nitrogens with zero attached hydrogens (tertiary/aromatic N) is 2. The predicted molar refractivity (Wildman–Crippen MR) is 168 cm³/mol. The first-order valence-corrected chi connectivity index (χ1v) is 14.4. The summed E-state index contributed by atoms with van der Waals surface area (Å²) in [6.45, 7) is 5.10. The maximum absolute atomic E-state index is 12.9. The van der Waals surface area contributed by atoms with Crippen molar-refractivity contribution in [2.24, 2.45) is 0 Å². The van der Waals surface area contributed by atoms with E-state index in [1.54, 1.807) is 36.4 Å². The van der Waals surface area contributed by atoms with Crippen molar-refractivity contribution in [3.63, 3.8) is 0 Å². The van der Waals surface area contributed by atoms with Gasteiger partial charge in [-0.3, -0.25) is 14.9 Å². The Hall–Kier alpha value is -3.53. The van der Waals surface area contributed by atoms with Crippen molar-refractivity contribution in [1.29, 1.82) is 0 Å². The molecule has 1 heterocycles. The van der Waals surface area contributed by atoms with Crippen molar-refractivity contribution in [3.05, 3.63) is 81.8 Å². The van der Waals surface area contributed by atoms with Crippen LogP contribution in [-0.2, 0) is 11.4 Å². The molecule has 1 fully saturated rings. The fourth-order valence-electron chi connectivity index (χ4n) is 4.42. The summed E-state index contributed by atoms with van der Waals surface area (Å²) in [5.41, 5.74) is 2.84. The molecule has 0 saturated carbocycles. The van der Waals surface area contributed by atoms with Crippen LogP contribution in [0, 0.1) is 0 Å². The van der Waals surface area contributed by atoms with Gasteiger partial charge in [0.15, 0.2) is 16.6 Å². The number of amides is 2. The first kappa shape index (κ1) is 30.4. The van der Waals surface area contributed by atoms with Crippen molar-refractivity contribution in [2.45, 2.75) is 26.4 Å². The topological polar surface area (TPSA) is 83.1 Å². The molecule has 0 atom stereocenters. The molecule has 3 aromatic carbocycles. The molecule has 0 aromatic heterocycles. The van der Waals surface area contributed by atoms with Crippen LogP contribution in [0.2, 0.25) is 10.0 Å². The molecule has 3 aromatic rings. The molecule has 0 spiro atoms. The van der Waals surface area contributed by atoms with Crippen LogP contribution < -0.4 is 25.0 Å². The van der Waals surface area contributed by atoms with Gasteiger partial charge in [-0.2, -0.15) is 0 Å². The molecule has 8 nitrogen and oxygen atoms in total. The summed E-state index contributed by atoms with van der Waals surface area (Å²) in [6, 6.07) is 17.8. The van der Waals surface area contributed by atoms with Crippen LogP contribution in [0.25, 0.3) is 0 Å². The highest BCUT2D eigenvalue weighted by Crippen LogP contribution is 2.31. The maximum Gasteiger partial charge on any atom is 0.257 e. The van der Waals surface area contributed by atoms with Gasteiger partial charge in [0.1, 0.15) is 6.61 Å². The van der Waals surface area contributed by atoms with Gasteiger partial charge >= 0.3 is 0 Å². The first-order chi connectivity index (χ1) is 19.8. The molecule has 11 heteroatoms. The number of halogens is 2. The Morgan fingerprint density at radius 1 is 0.951 bits per heavy atom. The van der Waals surface area contributed by atoms with Gasteiger partial charge in [0.05, 0.1) is 17.8 Å². The second kappa shape index (κ2) is 14.4. The zero-order valence-electron chi connectivity index (χ0n) is 22.9. The standard InChI is InChI=1S/C30H32Cl2N4O4S/c1-3-4-28(37)36-15-13-35(14-16-36)25-11-10-23(18-24(25)32)33-30(41)34-29(38)21-7-12-26(27(17-21)39-2)40-19-20-5-8-22(31)9-6-20/h5-12,17-18H,3-4,13-16,19H2,1-2H3,(H2,33,34,38,41). The normalized spacial score (nSPS) is 13.0. The molecule has 2 N–H and O–H groups in total. The minimum Gasteiger partial charge on any atom is -0.493 e. The molecule has 0 radical (unpaired) electrons. The number of piperazine rings is 1. The van der Waals surface area contributed by atoms with E-state index in [-0.39, 0.29) is 11.0 Å². The lowest BCUT2D eigenvalue weighted by molar-refractivity contribution is -0.131. The van der Waals surface area contributed by atoms with Gasteiger partial charge in [-0.1, -0.05) is 42.3 Å². The smallest absolute Gasteiger partial charge is 0.257 e. The number of anilines is 2. The zero-order chi connectivity index (χ0) is 29.4. The third kappa shape index (κ3) is 8.25. The van der Waals surface area contributed by atoms with E-state index in [1.807, 2.05) is 36.1 Å². The third-order valence-electron chi connectivity index (χ3n) is 6.60. The Morgan fingerprint density at radius 2 is 1.68 bits per heavy atom. The summed E-state index contributed by atoms with van der Waals surface area (Å²) in [7, 11) is 1.51. The van der Waals surface area contributed by atoms with Gasteiger partial charge in [0.25, 0.3) is 5.91 Å². The molecule has 1 aliphatic rings. The Bertz CT molecular complexity index is 1400. The Labute approximate surface area is 255 Å². The lowest BCUT2D eigenvalue weighted by Gasteiger charge is -2.36. The van der Waals surface area contributed by atoms with Crippen LogP contribution >= 0.6 is 35.4 Å². The van der Waals surface area contributed by atoms with Gasteiger partial charge in [-0.25, -0.2) is 0 Å². The van der Waals surface area contributed by atoms with Crippen molar-refractivity contribution < 1.29 is 19.1 Å². The SMILES string of the molecule is CCCC(=O)N1CCN(c2ccc(NC(=S)NC(=O)c3ccc(OCc4ccc(Cl)cc4)c(OC)c3)cc2Cl)CC1. The molecule has 0 unspecified atom stereocenters. The number of hydrogen-bond acceptors (Lipinski definition) is 6. The van der Waals surface area contributed by atoms with Crippen molar-refractivity contribution in [1.82, 2.24) is 10.2 Å². The Balaban J connectivity index is 1.31. The highest BCUT2D eigenvalue weighted by molar-refractivity contribution is 7.80. The molecule has 2 amide bonds. The van der Waals surface area contributed by atoms with Crippen LogP contribution in [-0.4, -0.2) is 55.1 Å². The lowest BCUT2D eigenvalue weighted by atomic mass is 10.2. The van der Waals surface area contributed by atoms with E-state index in [0.29, 0.717) is 72.0 Å². The number of rotatable bonds is 9. The number of nitrogens with one attached hydrogen (secondary N) is 2. The zero-order valence-corrected chi connectivity index (χ0v) is 25.2. The number of ether oxygens (including phenoxy) is 2. The number of hydrogen-bond donors (Lipinski definition) is 2. The Morgan fingerprint density at radius 3 is 2.34 bits per heavy atom. The second-order valence-corrected chi connectivity index (χ2v) is 10.7. The highest BCUT2D eigenvalue weighted by atomic mass is 35.5. The monoisotopic (exact) mass is 614 g/mol. The highest BCUT2D eigenvalue weighted by Gasteiger charge is 2.22. The quantitative estimate of drug-likeness (QED) is 0.279. The molecular formula is C30H32Cl2N4O4S. The predicted octanol–water partition coefficient (Wildman–Crippen LogP) is 6.16. The molecular weight excluding hydrogens is 583 g/mol. The number of carbonyl (C=O) groups excluding carboxylic acids is 2. The van der Waals surface area contributed by atoms with E-state index >= 15 is 0 Å². The van der Waals surface area contributed by atoms with Crippen LogP contribution in [0.1, 0.15) is 35.7 Å². The summed E-state index contributed by atoms with van der Waals surface area (Å²) in [5, 5.41) is 7.03. The van der Waals surface area contributed by atoms with Crippen LogP contribution in [0.4, 0.5) is 11.4 Å². The summed E-state index contributed by atoms with van der Waals surface area (Å²) < 4.78 is 11.3. The molecule has 0 aliphatic carbocycles. The second-order valence-electron chi connectivity index (χ2n) is 9.47. The van der Waals surface area contributed by atoms with E-state index in [9.17, 15) is 9.59 Å². The summed E-state index contributed by atoms with van der Waals surface area (Å²) in [4.78, 5) is 29.1. The van der Waals surface area contributed by atoms with Crippen molar-refractivity contribution >= 4 is 63.7 Å². The van der Waals surface area contributed by atoms with E-state index < -0.39 is 5.91 Å². The van der Waals surface area contributed by atoms with Gasteiger partial charge in [0, 0.05) is 48.9 Å². The largest absolute Gasteiger partial charge is 0.493 e. The number of carbonyl (C=O) groups is 2. The summed E-state index contributed by atoms with van der Waals surface area (Å²) in [5.74, 6) is 0.723. The molecule has 0 bridgehead atoms. The summed E-state index contributed by atoms with van der Waals surface area (Å²) >= 11 is 17.9. The minimum absolute atomic E-state index is 0.129. The maximum atomic E-state index is 12.9. The summed E-state index contributed by atoms with van der Waals surface area (Å²) in [6.07, 6.45) is 1.43. The van der Waals surface area contributed by atoms with E-state index in [1.165, 1.54) is 7.11 Å². The average Bonchev–Trinajstić information content (AvgIpc) is 2.97. The molecule has 4 rings (SSSR count). The average molecular weight is 616 g/mol. The van der Waals surface area contributed by atoms with E-state index in [4.69, 9.17) is 44.9 Å². The van der Waals surface area contributed by atoms with Gasteiger partial charge < -0.3 is 24.6 Å². The van der Waals surface area contributed by atoms with Gasteiger partial charge in [-0.05, 0) is 72.7 Å². The van der Waals surface area contributed by atoms with Crippen molar-refractivity contribution in [2.75, 3.05) is 43.5 Å². The molecule has 41 heavy (non-hydrogen) atoms. The van der Waals surface area contributed by atoms with Crippen molar-refractivity contribution in [3.8, 4) is 11.5 Å². The van der Waals surface area contributed by atoms with E-state index in [2.05, 4.69) is 15.5 Å². The fourth-order valence-corrected chi connectivity index (χ4v) is 5.05. The first-order valence-electron chi connectivity index (χ1n) is 13.3. The Kier molecular flexibility index (Phi) is 10.7. The van der Waals surface area contributed by atoms with E-state index in [0.717, 1.165) is 17.7 Å².